The predicted octanol–water partition coefficient (Wildman–Crippen LogP) is 2.06. The summed E-state index contributed by atoms with van der Waals surface area (Å²) in [5.41, 5.74) is 0.842. The molecule has 0 fully saturated rings. The summed E-state index contributed by atoms with van der Waals surface area (Å²) in [5.74, 6) is 1.70. The van der Waals surface area contributed by atoms with E-state index in [0.717, 1.165) is 5.56 Å². The Morgan fingerprint density at radius 1 is 1.06 bits per heavy atom. The van der Waals surface area contributed by atoms with E-state index >= 15 is 0 Å². The van der Waals surface area contributed by atoms with E-state index in [1.165, 1.54) is 0 Å². The fourth-order valence-electron chi connectivity index (χ4n) is 1.37. The van der Waals surface area contributed by atoms with Crippen molar-refractivity contribution in [1.29, 1.82) is 0 Å². The molecule has 0 aliphatic rings. The minimum atomic E-state index is -0.984. The van der Waals surface area contributed by atoms with Crippen LogP contribution in [0.3, 0.4) is 0 Å². The molecule has 0 radical (unpaired) electrons. The Morgan fingerprint density at radius 2 is 1.59 bits per heavy atom. The number of methoxy groups -OCH3 is 3. The molecule has 0 aliphatic heterocycles. The first kappa shape index (κ1) is 13.6. The van der Waals surface area contributed by atoms with Crippen molar-refractivity contribution < 1.29 is 18.4 Å². The molecule has 0 aromatic heterocycles. The van der Waals surface area contributed by atoms with Gasteiger partial charge in [-0.3, -0.25) is 4.21 Å². The fraction of sp³-hybridized carbons (Fsp3) is 0.333. The van der Waals surface area contributed by atoms with E-state index in [-0.39, 0.29) is 0 Å². The molecule has 1 unspecified atom stereocenters. The zero-order valence-electron chi connectivity index (χ0n) is 10.4. The van der Waals surface area contributed by atoms with Gasteiger partial charge in [-0.2, -0.15) is 0 Å². The molecule has 1 aromatic rings. The molecule has 0 saturated carbocycles. The largest absolute Gasteiger partial charge is 0.493 e. The van der Waals surface area contributed by atoms with E-state index in [1.54, 1.807) is 51.2 Å². The van der Waals surface area contributed by atoms with Gasteiger partial charge in [0.15, 0.2) is 11.5 Å². The lowest BCUT2D eigenvalue weighted by Crippen LogP contribution is -1.95. The van der Waals surface area contributed by atoms with Crippen molar-refractivity contribution in [2.24, 2.45) is 0 Å². The zero-order chi connectivity index (χ0) is 12.8. The Labute approximate surface area is 104 Å². The highest BCUT2D eigenvalue weighted by Crippen LogP contribution is 2.38. The van der Waals surface area contributed by atoms with Crippen molar-refractivity contribution in [1.82, 2.24) is 0 Å². The van der Waals surface area contributed by atoms with Gasteiger partial charge < -0.3 is 14.2 Å². The number of ether oxygens (including phenoxy) is 3. The quantitative estimate of drug-likeness (QED) is 0.809. The molecule has 0 saturated heterocycles. The van der Waals surface area contributed by atoms with Crippen LogP contribution in [0.5, 0.6) is 17.2 Å². The van der Waals surface area contributed by atoms with Gasteiger partial charge in [0, 0.05) is 22.5 Å². The first-order chi connectivity index (χ1) is 8.12. The van der Waals surface area contributed by atoms with Crippen LogP contribution < -0.4 is 14.2 Å². The molecule has 0 aliphatic carbocycles. The molecule has 0 amide bonds. The van der Waals surface area contributed by atoms with Crippen LogP contribution in [0.25, 0.3) is 6.08 Å². The van der Waals surface area contributed by atoms with Crippen LogP contribution in [0.4, 0.5) is 0 Å². The van der Waals surface area contributed by atoms with Crippen LogP contribution in [-0.4, -0.2) is 31.8 Å². The number of hydrogen-bond donors (Lipinski definition) is 0. The standard InChI is InChI=1S/C12H16O4S/c1-14-10-7-9(5-6-17(4)13)8-11(15-2)12(10)16-3/h5-8H,1-4H3/b6-5+. The van der Waals surface area contributed by atoms with Crippen LogP contribution in [0.2, 0.25) is 0 Å². The van der Waals surface area contributed by atoms with Gasteiger partial charge in [-0.15, -0.1) is 0 Å². The SMILES string of the molecule is COc1cc(/C=C/S(C)=O)cc(OC)c1OC. The summed E-state index contributed by atoms with van der Waals surface area (Å²) in [4.78, 5) is 0. The highest BCUT2D eigenvalue weighted by atomic mass is 32.2. The third kappa shape index (κ3) is 3.49. The second kappa shape index (κ2) is 6.30. The van der Waals surface area contributed by atoms with Gasteiger partial charge in [-0.05, 0) is 23.8 Å². The molecule has 0 spiro atoms. The summed E-state index contributed by atoms with van der Waals surface area (Å²) in [6.07, 6.45) is 3.36. The second-order valence-electron chi connectivity index (χ2n) is 3.26. The summed E-state index contributed by atoms with van der Waals surface area (Å²) in [7, 11) is 3.69. The Balaban J connectivity index is 3.22. The lowest BCUT2D eigenvalue weighted by molar-refractivity contribution is 0.324. The summed E-state index contributed by atoms with van der Waals surface area (Å²) in [5, 5.41) is 1.60. The molecule has 0 bridgehead atoms. The smallest absolute Gasteiger partial charge is 0.203 e. The molecule has 17 heavy (non-hydrogen) atoms. The average molecular weight is 256 g/mol. The predicted molar refractivity (Wildman–Crippen MR) is 69.2 cm³/mol. The van der Waals surface area contributed by atoms with Gasteiger partial charge in [-0.1, -0.05) is 0 Å². The van der Waals surface area contributed by atoms with Crippen LogP contribution in [-0.2, 0) is 10.8 Å². The third-order valence-corrected chi connectivity index (χ3v) is 2.66. The summed E-state index contributed by atoms with van der Waals surface area (Å²) < 4.78 is 26.6. The van der Waals surface area contributed by atoms with E-state index < -0.39 is 10.8 Å². The van der Waals surface area contributed by atoms with Gasteiger partial charge in [0.2, 0.25) is 5.75 Å². The number of rotatable bonds is 5. The third-order valence-electron chi connectivity index (χ3n) is 2.14. The first-order valence-corrected chi connectivity index (χ1v) is 6.55. The second-order valence-corrected chi connectivity index (χ2v) is 4.53. The molecule has 1 rings (SSSR count). The molecule has 5 heteroatoms. The molecule has 1 atom stereocenters. The molecule has 1 aromatic carbocycles. The van der Waals surface area contributed by atoms with Crippen molar-refractivity contribution >= 4 is 16.9 Å². The zero-order valence-corrected chi connectivity index (χ0v) is 11.2. The van der Waals surface area contributed by atoms with E-state index in [2.05, 4.69) is 0 Å². The first-order valence-electron chi connectivity index (χ1n) is 4.92. The maximum absolute atomic E-state index is 11.0. The van der Waals surface area contributed by atoms with E-state index in [1.807, 2.05) is 0 Å². The van der Waals surface area contributed by atoms with E-state index in [9.17, 15) is 4.21 Å². The lowest BCUT2D eigenvalue weighted by Gasteiger charge is -2.12. The van der Waals surface area contributed by atoms with Gasteiger partial charge in [0.25, 0.3) is 0 Å². The Morgan fingerprint density at radius 3 is 1.94 bits per heavy atom. The van der Waals surface area contributed by atoms with E-state index in [0.29, 0.717) is 17.2 Å². The van der Waals surface area contributed by atoms with Gasteiger partial charge in [0.1, 0.15) is 0 Å². The van der Waals surface area contributed by atoms with Crippen molar-refractivity contribution in [3.05, 3.63) is 23.1 Å². The van der Waals surface area contributed by atoms with Crippen molar-refractivity contribution in [2.75, 3.05) is 27.6 Å². The van der Waals surface area contributed by atoms with Gasteiger partial charge >= 0.3 is 0 Å². The topological polar surface area (TPSA) is 44.8 Å². The summed E-state index contributed by atoms with van der Waals surface area (Å²) in [6, 6.07) is 3.59. The minimum Gasteiger partial charge on any atom is -0.493 e. The normalized spacial score (nSPS) is 12.5. The maximum Gasteiger partial charge on any atom is 0.203 e. The van der Waals surface area contributed by atoms with Crippen LogP contribution in [0.1, 0.15) is 5.56 Å². The summed E-state index contributed by atoms with van der Waals surface area (Å²) in [6.45, 7) is 0. The number of hydrogen-bond acceptors (Lipinski definition) is 4. The van der Waals surface area contributed by atoms with Crippen LogP contribution in [0.15, 0.2) is 17.5 Å². The monoisotopic (exact) mass is 256 g/mol. The highest BCUT2D eigenvalue weighted by molar-refractivity contribution is 7.87. The van der Waals surface area contributed by atoms with Crippen LogP contribution >= 0.6 is 0 Å². The minimum absolute atomic E-state index is 0.546. The Bertz CT molecular complexity index is 415. The molecule has 94 valence electrons. The lowest BCUT2D eigenvalue weighted by atomic mass is 10.2. The Hall–Kier alpha value is -1.49. The number of benzene rings is 1. The van der Waals surface area contributed by atoms with Crippen LogP contribution in [0, 0.1) is 0 Å². The van der Waals surface area contributed by atoms with Crippen molar-refractivity contribution in [2.45, 2.75) is 0 Å². The highest BCUT2D eigenvalue weighted by Gasteiger charge is 2.11. The van der Waals surface area contributed by atoms with Crippen molar-refractivity contribution in [3.63, 3.8) is 0 Å². The average Bonchev–Trinajstić information content (AvgIpc) is 2.34. The summed E-state index contributed by atoms with van der Waals surface area (Å²) >= 11 is 0. The molecule has 0 heterocycles. The Kier molecular flexibility index (Phi) is 5.03. The maximum atomic E-state index is 11.0. The van der Waals surface area contributed by atoms with Crippen molar-refractivity contribution in [3.8, 4) is 17.2 Å². The molecule has 0 N–H and O–H groups in total. The molecular formula is C12H16O4S. The van der Waals surface area contributed by atoms with Gasteiger partial charge in [-0.25, -0.2) is 0 Å². The van der Waals surface area contributed by atoms with Gasteiger partial charge in [0.05, 0.1) is 21.3 Å². The fourth-order valence-corrected chi connectivity index (χ4v) is 1.72. The molecule has 4 nitrogen and oxygen atoms in total. The molecular weight excluding hydrogens is 240 g/mol. The van der Waals surface area contributed by atoms with E-state index in [4.69, 9.17) is 14.2 Å².